The molecule has 2 aliphatic rings. The lowest BCUT2D eigenvalue weighted by molar-refractivity contribution is -0.129. The maximum absolute atomic E-state index is 11.9. The standard InChI is InChI=1S/C18H18N4O3/c1-3-12-8-14(18(24)25)19-16-9-13(20-22(12)16)10-4-5-15-11(6-10)7-17(23)21(15)2/h4-6,9,12H,3,7-8H2,1-2H3,(H,24,25). The van der Waals surface area contributed by atoms with Gasteiger partial charge in [-0.05, 0) is 24.1 Å². The third-order valence-corrected chi connectivity index (χ3v) is 4.91. The normalized spacial score (nSPS) is 18.8. The average Bonchev–Trinajstić information content (AvgIpc) is 3.15. The molecule has 0 saturated heterocycles. The van der Waals surface area contributed by atoms with Crippen molar-refractivity contribution in [2.24, 2.45) is 4.99 Å². The van der Waals surface area contributed by atoms with E-state index in [1.54, 1.807) is 11.9 Å². The van der Waals surface area contributed by atoms with Crippen molar-refractivity contribution in [3.05, 3.63) is 29.8 Å². The van der Waals surface area contributed by atoms with E-state index in [4.69, 9.17) is 0 Å². The van der Waals surface area contributed by atoms with E-state index < -0.39 is 5.97 Å². The third-order valence-electron chi connectivity index (χ3n) is 4.91. The van der Waals surface area contributed by atoms with Crippen LogP contribution in [-0.2, 0) is 16.0 Å². The van der Waals surface area contributed by atoms with E-state index in [1.807, 2.05) is 35.9 Å². The molecule has 25 heavy (non-hydrogen) atoms. The number of hydrogen-bond acceptors (Lipinski definition) is 4. The molecule has 1 aromatic carbocycles. The SMILES string of the molecule is CCC1CC(C(=O)O)=Nc2cc(-c3ccc4c(c3)CC(=O)N4C)nn21. The second-order valence-electron chi connectivity index (χ2n) is 6.44. The van der Waals surface area contributed by atoms with Crippen LogP contribution in [0.15, 0.2) is 29.3 Å². The number of anilines is 1. The van der Waals surface area contributed by atoms with Crippen LogP contribution in [0.5, 0.6) is 0 Å². The Kier molecular flexibility index (Phi) is 3.45. The average molecular weight is 338 g/mol. The van der Waals surface area contributed by atoms with Crippen molar-refractivity contribution in [1.29, 1.82) is 0 Å². The van der Waals surface area contributed by atoms with Gasteiger partial charge in [0, 0.05) is 30.8 Å². The van der Waals surface area contributed by atoms with Crippen molar-refractivity contribution in [3.63, 3.8) is 0 Å². The molecular weight excluding hydrogens is 320 g/mol. The van der Waals surface area contributed by atoms with Gasteiger partial charge < -0.3 is 10.0 Å². The van der Waals surface area contributed by atoms with Crippen LogP contribution in [-0.4, -0.2) is 39.5 Å². The number of rotatable bonds is 3. The lowest BCUT2D eigenvalue weighted by Gasteiger charge is -2.21. The van der Waals surface area contributed by atoms with Crippen LogP contribution in [0.25, 0.3) is 11.3 Å². The number of fused-ring (bicyclic) bond motifs is 2. The lowest BCUT2D eigenvalue weighted by atomic mass is 10.1. The Morgan fingerprint density at radius 2 is 2.16 bits per heavy atom. The molecule has 1 amide bonds. The Hall–Kier alpha value is -2.96. The van der Waals surface area contributed by atoms with E-state index >= 15 is 0 Å². The molecule has 1 atom stereocenters. The van der Waals surface area contributed by atoms with Crippen LogP contribution in [0.4, 0.5) is 11.5 Å². The van der Waals surface area contributed by atoms with Gasteiger partial charge in [0.05, 0.1) is 18.2 Å². The predicted molar refractivity (Wildman–Crippen MR) is 93.5 cm³/mol. The Bertz CT molecular complexity index is 928. The minimum absolute atomic E-state index is 0.00510. The Morgan fingerprint density at radius 1 is 1.36 bits per heavy atom. The zero-order chi connectivity index (χ0) is 17.7. The molecule has 3 heterocycles. The van der Waals surface area contributed by atoms with Gasteiger partial charge in [0.25, 0.3) is 0 Å². The summed E-state index contributed by atoms with van der Waals surface area (Å²) in [5, 5.41) is 13.9. The molecule has 2 aliphatic heterocycles. The summed E-state index contributed by atoms with van der Waals surface area (Å²) in [6.45, 7) is 2.01. The topological polar surface area (TPSA) is 87.8 Å². The minimum atomic E-state index is -0.980. The Labute approximate surface area is 144 Å². The van der Waals surface area contributed by atoms with Crippen molar-refractivity contribution >= 4 is 29.1 Å². The molecule has 1 aromatic heterocycles. The highest BCUT2D eigenvalue weighted by Gasteiger charge is 2.28. The van der Waals surface area contributed by atoms with Gasteiger partial charge >= 0.3 is 5.97 Å². The second-order valence-corrected chi connectivity index (χ2v) is 6.44. The molecule has 0 radical (unpaired) electrons. The van der Waals surface area contributed by atoms with Gasteiger partial charge in [-0.3, -0.25) is 4.79 Å². The number of carboxylic acid groups (broad SMARTS) is 1. The molecule has 0 fully saturated rings. The third kappa shape index (κ3) is 2.43. The maximum Gasteiger partial charge on any atom is 0.350 e. The van der Waals surface area contributed by atoms with Crippen LogP contribution < -0.4 is 4.90 Å². The summed E-state index contributed by atoms with van der Waals surface area (Å²) < 4.78 is 1.81. The van der Waals surface area contributed by atoms with Crippen molar-refractivity contribution < 1.29 is 14.7 Å². The van der Waals surface area contributed by atoms with Crippen LogP contribution in [0.1, 0.15) is 31.4 Å². The summed E-state index contributed by atoms with van der Waals surface area (Å²) in [6, 6.07) is 7.65. The first-order valence-electron chi connectivity index (χ1n) is 8.28. The van der Waals surface area contributed by atoms with Crippen LogP contribution in [0.2, 0.25) is 0 Å². The molecule has 0 spiro atoms. The number of hydrogen-bond donors (Lipinski definition) is 1. The number of aliphatic carboxylic acids is 1. The van der Waals surface area contributed by atoms with E-state index in [9.17, 15) is 14.7 Å². The number of nitrogens with zero attached hydrogens (tertiary/aromatic N) is 4. The van der Waals surface area contributed by atoms with Crippen LogP contribution in [0, 0.1) is 0 Å². The first-order chi connectivity index (χ1) is 12.0. The molecule has 2 aromatic rings. The predicted octanol–water partition coefficient (Wildman–Crippen LogP) is 2.58. The Balaban J connectivity index is 1.76. The number of aromatic nitrogens is 2. The fourth-order valence-electron chi connectivity index (χ4n) is 3.45. The molecule has 7 nitrogen and oxygen atoms in total. The first kappa shape index (κ1) is 15.6. The van der Waals surface area contributed by atoms with Gasteiger partial charge in [0.2, 0.25) is 5.91 Å². The number of aliphatic imine (C=N–C) groups is 1. The number of carbonyl (C=O) groups is 2. The van der Waals surface area contributed by atoms with Crippen molar-refractivity contribution in [1.82, 2.24) is 9.78 Å². The van der Waals surface area contributed by atoms with E-state index in [1.165, 1.54) is 0 Å². The van der Waals surface area contributed by atoms with E-state index in [0.717, 1.165) is 28.9 Å². The van der Waals surface area contributed by atoms with Crippen molar-refractivity contribution in [2.75, 3.05) is 11.9 Å². The zero-order valence-corrected chi connectivity index (χ0v) is 14.1. The van der Waals surface area contributed by atoms with Gasteiger partial charge in [-0.1, -0.05) is 13.0 Å². The van der Waals surface area contributed by atoms with Crippen molar-refractivity contribution in [3.8, 4) is 11.3 Å². The smallest absolute Gasteiger partial charge is 0.350 e. The van der Waals surface area contributed by atoms with Crippen molar-refractivity contribution in [2.45, 2.75) is 32.2 Å². The number of carboxylic acids is 1. The molecule has 7 heteroatoms. The van der Waals surface area contributed by atoms with E-state index in [-0.39, 0.29) is 17.7 Å². The fraction of sp³-hybridized carbons (Fsp3) is 0.333. The van der Waals surface area contributed by atoms with E-state index in [0.29, 0.717) is 18.7 Å². The number of benzene rings is 1. The molecule has 0 bridgehead atoms. The summed E-state index contributed by atoms with van der Waals surface area (Å²) >= 11 is 0. The summed E-state index contributed by atoms with van der Waals surface area (Å²) in [5.41, 5.74) is 3.74. The number of carbonyl (C=O) groups excluding carboxylic acids is 1. The molecule has 1 N–H and O–H groups in total. The summed E-state index contributed by atoms with van der Waals surface area (Å²) in [4.78, 5) is 29.0. The Morgan fingerprint density at radius 3 is 2.88 bits per heavy atom. The zero-order valence-electron chi connectivity index (χ0n) is 14.1. The highest BCUT2D eigenvalue weighted by atomic mass is 16.4. The molecule has 4 rings (SSSR count). The minimum Gasteiger partial charge on any atom is -0.477 e. The van der Waals surface area contributed by atoms with E-state index in [2.05, 4.69) is 10.1 Å². The highest BCUT2D eigenvalue weighted by molar-refractivity contribution is 6.36. The quantitative estimate of drug-likeness (QED) is 0.932. The van der Waals surface area contributed by atoms with Gasteiger partial charge in [0.1, 0.15) is 5.71 Å². The monoisotopic (exact) mass is 338 g/mol. The summed E-state index contributed by atoms with van der Waals surface area (Å²) in [5.74, 6) is -0.330. The molecule has 128 valence electrons. The van der Waals surface area contributed by atoms with Crippen LogP contribution in [0.3, 0.4) is 0 Å². The second kappa shape index (κ2) is 5.54. The van der Waals surface area contributed by atoms with Crippen LogP contribution >= 0.6 is 0 Å². The van der Waals surface area contributed by atoms with Gasteiger partial charge in [-0.25, -0.2) is 14.5 Å². The summed E-state index contributed by atoms with van der Waals surface area (Å²) in [6.07, 6.45) is 1.56. The largest absolute Gasteiger partial charge is 0.477 e. The first-order valence-corrected chi connectivity index (χ1v) is 8.28. The van der Waals surface area contributed by atoms with Gasteiger partial charge in [-0.15, -0.1) is 0 Å². The number of amides is 1. The fourth-order valence-corrected chi connectivity index (χ4v) is 3.45. The summed E-state index contributed by atoms with van der Waals surface area (Å²) in [7, 11) is 1.77. The lowest BCUT2D eigenvalue weighted by Crippen LogP contribution is -2.24. The molecule has 1 unspecified atom stereocenters. The molecule has 0 aliphatic carbocycles. The molecule has 0 saturated carbocycles. The maximum atomic E-state index is 11.9. The number of likely N-dealkylation sites (N-methyl/N-ethyl adjacent to an activating group) is 1. The highest BCUT2D eigenvalue weighted by Crippen LogP contribution is 2.36. The van der Waals surface area contributed by atoms with Gasteiger partial charge in [0.15, 0.2) is 5.82 Å². The molecular formula is C18H18N4O3. The van der Waals surface area contributed by atoms with Gasteiger partial charge in [-0.2, -0.15) is 5.10 Å².